The molecule has 0 aliphatic heterocycles. The van der Waals surface area contributed by atoms with Crippen molar-refractivity contribution >= 4 is 40.8 Å². The lowest BCUT2D eigenvalue weighted by atomic mass is 9.63. The Kier molecular flexibility index (Phi) is 7.11. The van der Waals surface area contributed by atoms with Gasteiger partial charge in [-0.25, -0.2) is 4.79 Å². The largest absolute Gasteiger partial charge is 0.478 e. The van der Waals surface area contributed by atoms with E-state index in [0.717, 1.165) is 29.7 Å². The molecule has 0 saturated heterocycles. The maximum Gasteiger partial charge on any atom is 0.335 e. The van der Waals surface area contributed by atoms with Crippen molar-refractivity contribution in [2.75, 3.05) is 0 Å². The zero-order valence-corrected chi connectivity index (χ0v) is 23.1. The summed E-state index contributed by atoms with van der Waals surface area (Å²) in [6.07, 6.45) is 7.08. The smallest absolute Gasteiger partial charge is 0.335 e. The van der Waals surface area contributed by atoms with Gasteiger partial charge in [0.25, 0.3) is 0 Å². The molecule has 6 rings (SSSR count). The lowest BCUT2D eigenvalue weighted by molar-refractivity contribution is -0.0135. The van der Waals surface area contributed by atoms with Crippen molar-refractivity contribution in [3.05, 3.63) is 97.7 Å². The number of ether oxygens (including phenoxy) is 1. The monoisotopic (exact) mass is 585 g/mol. The molecule has 3 aliphatic carbocycles. The van der Waals surface area contributed by atoms with Gasteiger partial charge in [0.2, 0.25) is 0 Å². The Morgan fingerprint density at radius 2 is 1.79 bits per heavy atom. The van der Waals surface area contributed by atoms with Gasteiger partial charge in [0.15, 0.2) is 0 Å². The van der Waals surface area contributed by atoms with E-state index in [4.69, 9.17) is 44.1 Å². The summed E-state index contributed by atoms with van der Waals surface area (Å²) in [5, 5.41) is 26.4. The van der Waals surface area contributed by atoms with Crippen LogP contribution in [0.5, 0.6) is 0 Å². The summed E-state index contributed by atoms with van der Waals surface area (Å²) in [5.41, 5.74) is 2.87. The van der Waals surface area contributed by atoms with Gasteiger partial charge in [-0.15, -0.1) is 0 Å². The van der Waals surface area contributed by atoms with Crippen LogP contribution in [0.4, 0.5) is 0 Å². The Bertz CT molecular complexity index is 1480. The number of aromatic nitrogens is 1. The second kappa shape index (κ2) is 10.4. The number of benzene rings is 2. The van der Waals surface area contributed by atoms with Crippen LogP contribution in [0, 0.1) is 0 Å². The number of carbonyl (C=O) groups is 1. The second-order valence-electron chi connectivity index (χ2n) is 10.5. The molecule has 2 fully saturated rings. The number of hydrogen-bond donors (Lipinski definition) is 2. The number of aliphatic hydroxyl groups is 1. The molecule has 3 aromatic rings. The SMILES string of the molecule is O=C(O)c1cccc([C@H]2C[C@](O)(C3=CCC(OCc4c(-c5c(Cl)cccc5Cl)noc4C4CC4)C=C3Cl)C2)c1. The van der Waals surface area contributed by atoms with Crippen LogP contribution >= 0.6 is 34.8 Å². The summed E-state index contributed by atoms with van der Waals surface area (Å²) in [5.74, 6) is 0.235. The van der Waals surface area contributed by atoms with Crippen LogP contribution in [0.1, 0.15) is 71.2 Å². The molecule has 39 heavy (non-hydrogen) atoms. The molecule has 202 valence electrons. The first-order valence-corrected chi connectivity index (χ1v) is 14.1. The Labute approximate surface area is 240 Å². The summed E-state index contributed by atoms with van der Waals surface area (Å²) >= 11 is 19.6. The molecular formula is C30H26Cl3NO5. The van der Waals surface area contributed by atoms with Crippen molar-refractivity contribution in [1.82, 2.24) is 5.16 Å². The minimum atomic E-state index is -1.05. The van der Waals surface area contributed by atoms with Crippen molar-refractivity contribution in [2.45, 2.75) is 62.3 Å². The van der Waals surface area contributed by atoms with Crippen molar-refractivity contribution in [3.8, 4) is 11.3 Å². The van der Waals surface area contributed by atoms with Crippen molar-refractivity contribution in [1.29, 1.82) is 0 Å². The third-order valence-electron chi connectivity index (χ3n) is 7.83. The first-order valence-electron chi connectivity index (χ1n) is 12.9. The van der Waals surface area contributed by atoms with Gasteiger partial charge in [-0.05, 0) is 79.5 Å². The molecule has 0 amide bonds. The zero-order valence-electron chi connectivity index (χ0n) is 20.9. The molecule has 2 aromatic carbocycles. The van der Waals surface area contributed by atoms with Crippen LogP contribution in [0.2, 0.25) is 10.0 Å². The average molecular weight is 587 g/mol. The third kappa shape index (κ3) is 5.17. The molecule has 9 heteroatoms. The zero-order chi connectivity index (χ0) is 27.3. The molecule has 0 radical (unpaired) electrons. The summed E-state index contributed by atoms with van der Waals surface area (Å²) in [6, 6.07) is 12.2. The Morgan fingerprint density at radius 1 is 1.08 bits per heavy atom. The predicted molar refractivity (Wildman–Crippen MR) is 149 cm³/mol. The normalized spacial score (nSPS) is 24.6. The van der Waals surface area contributed by atoms with Gasteiger partial charge < -0.3 is 19.5 Å². The molecular weight excluding hydrogens is 561 g/mol. The number of carboxylic acids is 1. The quantitative estimate of drug-likeness (QED) is 0.279. The molecule has 0 spiro atoms. The third-order valence-corrected chi connectivity index (χ3v) is 8.79. The van der Waals surface area contributed by atoms with E-state index in [1.807, 2.05) is 18.2 Å². The molecule has 2 saturated carbocycles. The highest BCUT2D eigenvalue weighted by atomic mass is 35.5. The van der Waals surface area contributed by atoms with E-state index in [1.165, 1.54) is 0 Å². The van der Waals surface area contributed by atoms with E-state index in [2.05, 4.69) is 5.16 Å². The summed E-state index contributed by atoms with van der Waals surface area (Å²) in [6.45, 7) is 0.257. The minimum absolute atomic E-state index is 0.0677. The van der Waals surface area contributed by atoms with Gasteiger partial charge in [0.1, 0.15) is 11.5 Å². The maximum atomic E-state index is 11.3. The van der Waals surface area contributed by atoms with Gasteiger partial charge >= 0.3 is 5.97 Å². The van der Waals surface area contributed by atoms with E-state index < -0.39 is 11.6 Å². The predicted octanol–water partition coefficient (Wildman–Crippen LogP) is 7.87. The first kappa shape index (κ1) is 26.6. The Morgan fingerprint density at radius 3 is 2.46 bits per heavy atom. The van der Waals surface area contributed by atoms with Gasteiger partial charge in [-0.1, -0.05) is 64.2 Å². The maximum absolute atomic E-state index is 11.3. The minimum Gasteiger partial charge on any atom is -0.478 e. The lowest BCUT2D eigenvalue weighted by Crippen LogP contribution is -2.45. The average Bonchev–Trinajstić information content (AvgIpc) is 3.66. The summed E-state index contributed by atoms with van der Waals surface area (Å²) < 4.78 is 12.0. The van der Waals surface area contributed by atoms with Gasteiger partial charge in [0, 0.05) is 22.1 Å². The molecule has 6 nitrogen and oxygen atoms in total. The Balaban J connectivity index is 1.14. The fourth-order valence-electron chi connectivity index (χ4n) is 5.56. The van der Waals surface area contributed by atoms with E-state index in [1.54, 1.807) is 36.4 Å². The number of nitrogens with zero attached hydrogens (tertiary/aromatic N) is 1. The van der Waals surface area contributed by atoms with Crippen molar-refractivity contribution in [2.24, 2.45) is 0 Å². The molecule has 1 atom stereocenters. The highest BCUT2D eigenvalue weighted by Crippen LogP contribution is 2.52. The van der Waals surface area contributed by atoms with Crippen LogP contribution in [-0.2, 0) is 11.3 Å². The summed E-state index contributed by atoms with van der Waals surface area (Å²) in [4.78, 5) is 11.3. The fourth-order valence-corrected chi connectivity index (χ4v) is 6.53. The van der Waals surface area contributed by atoms with E-state index in [0.29, 0.717) is 57.1 Å². The van der Waals surface area contributed by atoms with Crippen LogP contribution in [-0.4, -0.2) is 33.0 Å². The van der Waals surface area contributed by atoms with Gasteiger partial charge in [-0.3, -0.25) is 0 Å². The number of halogens is 3. The molecule has 0 bridgehead atoms. The van der Waals surface area contributed by atoms with Crippen molar-refractivity contribution < 1.29 is 24.3 Å². The highest BCUT2D eigenvalue weighted by Gasteiger charge is 2.47. The van der Waals surface area contributed by atoms with Crippen LogP contribution in [0.25, 0.3) is 11.3 Å². The van der Waals surface area contributed by atoms with E-state index in [-0.39, 0.29) is 24.2 Å². The van der Waals surface area contributed by atoms with Crippen molar-refractivity contribution in [3.63, 3.8) is 0 Å². The topological polar surface area (TPSA) is 92.8 Å². The van der Waals surface area contributed by atoms with E-state index >= 15 is 0 Å². The van der Waals surface area contributed by atoms with Crippen LogP contribution in [0.3, 0.4) is 0 Å². The fraction of sp³-hybridized carbons (Fsp3) is 0.333. The standard InChI is InChI=1S/C30H26Cl3NO5/c31-23-5-2-6-24(32)26(23)27-21(28(39-34-27)16-7-8-16)15-38-20-9-10-22(25(33)12-20)30(37)13-19(14-30)17-3-1-4-18(11-17)29(35)36/h1-6,10-12,16,19-20,37H,7-9,13-15H2,(H,35,36)/t19-,20?,30+. The molecule has 1 unspecified atom stereocenters. The lowest BCUT2D eigenvalue weighted by Gasteiger charge is -2.46. The molecule has 3 aliphatic rings. The molecule has 2 N–H and O–H groups in total. The van der Waals surface area contributed by atoms with Gasteiger partial charge in [-0.2, -0.15) is 0 Å². The second-order valence-corrected chi connectivity index (χ2v) is 11.8. The highest BCUT2D eigenvalue weighted by molar-refractivity contribution is 6.39. The van der Waals surface area contributed by atoms with Crippen LogP contribution in [0.15, 0.2) is 69.7 Å². The number of rotatable bonds is 8. The first-order chi connectivity index (χ1) is 18.7. The molecule has 1 heterocycles. The Hall–Kier alpha value is -2.61. The van der Waals surface area contributed by atoms with Gasteiger partial charge in [0.05, 0.1) is 33.9 Å². The summed E-state index contributed by atoms with van der Waals surface area (Å²) in [7, 11) is 0. The van der Waals surface area contributed by atoms with E-state index in [9.17, 15) is 15.0 Å². The number of hydrogen-bond acceptors (Lipinski definition) is 5. The van der Waals surface area contributed by atoms with Crippen LogP contribution < -0.4 is 0 Å². The molecule has 1 aromatic heterocycles. The number of aromatic carboxylic acids is 1. The number of carboxylic acid groups (broad SMARTS) is 1.